The normalized spacial score (nSPS) is 18.0. The predicted molar refractivity (Wildman–Crippen MR) is 39.1 cm³/mol. The first-order valence-corrected chi connectivity index (χ1v) is 3.59. The van der Waals surface area contributed by atoms with E-state index >= 15 is 0 Å². The molecule has 0 aliphatic rings. The second kappa shape index (κ2) is 4.20. The molecule has 49 valence electrons. The predicted octanol–water partition coefficient (Wildman–Crippen LogP) is 2.86. The van der Waals surface area contributed by atoms with Gasteiger partial charge >= 0.3 is 0 Å². The van der Waals surface area contributed by atoms with Gasteiger partial charge in [-0.3, -0.25) is 0 Å². The lowest BCUT2D eigenvalue weighted by Gasteiger charge is -2.10. The number of alkyl halides is 1. The SMILES string of the molecule is CC[CH]C(C)C(C)Cl. The summed E-state index contributed by atoms with van der Waals surface area (Å²) in [6.45, 7) is 6.30. The van der Waals surface area contributed by atoms with Gasteiger partial charge in [0.05, 0.1) is 0 Å². The molecule has 0 rings (SSSR count). The maximum absolute atomic E-state index is 5.78. The lowest BCUT2D eigenvalue weighted by molar-refractivity contribution is 0.634. The highest BCUT2D eigenvalue weighted by molar-refractivity contribution is 6.20. The number of halogens is 1. The Labute approximate surface area is 57.2 Å². The zero-order valence-electron chi connectivity index (χ0n) is 5.82. The summed E-state index contributed by atoms with van der Waals surface area (Å²) >= 11 is 5.78. The Bertz CT molecular complexity index is 50.3. The van der Waals surface area contributed by atoms with Crippen LogP contribution in [-0.4, -0.2) is 5.38 Å². The van der Waals surface area contributed by atoms with Crippen LogP contribution < -0.4 is 0 Å². The van der Waals surface area contributed by atoms with Gasteiger partial charge in [0.1, 0.15) is 0 Å². The molecule has 0 saturated heterocycles. The van der Waals surface area contributed by atoms with Crippen LogP contribution in [0.2, 0.25) is 0 Å². The molecule has 0 N–H and O–H groups in total. The highest BCUT2D eigenvalue weighted by Crippen LogP contribution is 2.13. The van der Waals surface area contributed by atoms with Gasteiger partial charge in [-0.25, -0.2) is 0 Å². The Morgan fingerprint density at radius 3 is 2.12 bits per heavy atom. The molecule has 8 heavy (non-hydrogen) atoms. The minimum atomic E-state index is 0.287. The van der Waals surface area contributed by atoms with Crippen molar-refractivity contribution in [2.24, 2.45) is 5.92 Å². The van der Waals surface area contributed by atoms with Crippen molar-refractivity contribution in [2.75, 3.05) is 0 Å². The molecular weight excluding hydrogens is 120 g/mol. The molecule has 2 unspecified atom stereocenters. The van der Waals surface area contributed by atoms with Crippen molar-refractivity contribution >= 4 is 11.6 Å². The van der Waals surface area contributed by atoms with E-state index in [4.69, 9.17) is 11.6 Å². The van der Waals surface area contributed by atoms with E-state index in [1.165, 1.54) is 0 Å². The van der Waals surface area contributed by atoms with Crippen LogP contribution in [0.25, 0.3) is 0 Å². The number of hydrogen-bond acceptors (Lipinski definition) is 0. The van der Waals surface area contributed by atoms with Crippen molar-refractivity contribution < 1.29 is 0 Å². The second-order valence-electron chi connectivity index (χ2n) is 2.18. The van der Waals surface area contributed by atoms with Gasteiger partial charge in [-0.1, -0.05) is 20.3 Å². The summed E-state index contributed by atoms with van der Waals surface area (Å²) in [4.78, 5) is 0. The molecule has 0 aromatic rings. The number of hydrogen-bond donors (Lipinski definition) is 0. The average Bonchev–Trinajstić information content (AvgIpc) is 1.67. The molecule has 0 heterocycles. The van der Waals surface area contributed by atoms with Gasteiger partial charge in [0.25, 0.3) is 0 Å². The van der Waals surface area contributed by atoms with Gasteiger partial charge in [0.2, 0.25) is 0 Å². The van der Waals surface area contributed by atoms with Crippen molar-refractivity contribution in [3.8, 4) is 0 Å². The minimum Gasteiger partial charge on any atom is -0.123 e. The van der Waals surface area contributed by atoms with Crippen molar-refractivity contribution in [3.63, 3.8) is 0 Å². The molecule has 0 spiro atoms. The molecular formula is C7H14Cl. The fourth-order valence-electron chi connectivity index (χ4n) is 0.559. The zero-order chi connectivity index (χ0) is 6.57. The Kier molecular flexibility index (Phi) is 4.35. The third-order valence-electron chi connectivity index (χ3n) is 1.33. The third-order valence-corrected chi connectivity index (χ3v) is 1.73. The lowest BCUT2D eigenvalue weighted by Crippen LogP contribution is -2.06. The third kappa shape index (κ3) is 3.31. The van der Waals surface area contributed by atoms with E-state index in [9.17, 15) is 0 Å². The smallest absolute Gasteiger partial charge is 0.0336 e. The first-order valence-electron chi connectivity index (χ1n) is 3.15. The molecule has 0 amide bonds. The second-order valence-corrected chi connectivity index (χ2v) is 2.87. The summed E-state index contributed by atoms with van der Waals surface area (Å²) in [5.74, 6) is 0.557. The molecule has 0 nitrogen and oxygen atoms in total. The van der Waals surface area contributed by atoms with E-state index in [0.29, 0.717) is 5.92 Å². The van der Waals surface area contributed by atoms with Crippen LogP contribution in [0.5, 0.6) is 0 Å². The molecule has 0 aliphatic heterocycles. The Hall–Kier alpha value is 0.290. The minimum absolute atomic E-state index is 0.287. The van der Waals surface area contributed by atoms with Crippen molar-refractivity contribution in [1.82, 2.24) is 0 Å². The zero-order valence-corrected chi connectivity index (χ0v) is 6.57. The standard InChI is InChI=1S/C7H14Cl/c1-4-5-6(2)7(3)8/h5-7H,4H2,1-3H3. The van der Waals surface area contributed by atoms with E-state index in [0.717, 1.165) is 6.42 Å². The van der Waals surface area contributed by atoms with Gasteiger partial charge in [-0.15, -0.1) is 11.6 Å². The molecule has 1 heteroatoms. The Morgan fingerprint density at radius 2 is 2.00 bits per heavy atom. The maximum Gasteiger partial charge on any atom is 0.0336 e. The van der Waals surface area contributed by atoms with Crippen LogP contribution in [0.4, 0.5) is 0 Å². The van der Waals surface area contributed by atoms with Crippen molar-refractivity contribution in [2.45, 2.75) is 32.6 Å². The molecule has 0 aromatic heterocycles. The summed E-state index contributed by atoms with van der Waals surface area (Å²) in [5.41, 5.74) is 0. The quantitative estimate of drug-likeness (QED) is 0.520. The first kappa shape index (κ1) is 8.29. The topological polar surface area (TPSA) is 0 Å². The van der Waals surface area contributed by atoms with Gasteiger partial charge in [0.15, 0.2) is 0 Å². The fourth-order valence-corrected chi connectivity index (χ4v) is 0.662. The van der Waals surface area contributed by atoms with Gasteiger partial charge in [-0.05, 0) is 19.3 Å². The number of rotatable bonds is 3. The lowest BCUT2D eigenvalue weighted by atomic mass is 10.0. The van der Waals surface area contributed by atoms with Crippen molar-refractivity contribution in [1.29, 1.82) is 0 Å². The average molecular weight is 134 g/mol. The summed E-state index contributed by atoms with van der Waals surface area (Å²) in [7, 11) is 0. The van der Waals surface area contributed by atoms with Crippen LogP contribution in [-0.2, 0) is 0 Å². The van der Waals surface area contributed by atoms with Crippen LogP contribution in [0.15, 0.2) is 0 Å². The summed E-state index contributed by atoms with van der Waals surface area (Å²) in [6, 6.07) is 0. The van der Waals surface area contributed by atoms with Crippen molar-refractivity contribution in [3.05, 3.63) is 6.42 Å². The Balaban J connectivity index is 3.17. The highest BCUT2D eigenvalue weighted by Gasteiger charge is 2.06. The van der Waals surface area contributed by atoms with Gasteiger partial charge in [0, 0.05) is 5.38 Å². The van der Waals surface area contributed by atoms with Crippen LogP contribution in [0.3, 0.4) is 0 Å². The fraction of sp³-hybridized carbons (Fsp3) is 0.857. The largest absolute Gasteiger partial charge is 0.123 e. The maximum atomic E-state index is 5.78. The van der Waals surface area contributed by atoms with E-state index in [1.54, 1.807) is 0 Å². The van der Waals surface area contributed by atoms with Gasteiger partial charge in [-0.2, -0.15) is 0 Å². The van der Waals surface area contributed by atoms with Crippen LogP contribution >= 0.6 is 11.6 Å². The molecule has 0 fully saturated rings. The molecule has 0 aliphatic carbocycles. The summed E-state index contributed by atoms with van der Waals surface area (Å²) < 4.78 is 0. The molecule has 0 saturated carbocycles. The Morgan fingerprint density at radius 1 is 1.50 bits per heavy atom. The van der Waals surface area contributed by atoms with Crippen LogP contribution in [0.1, 0.15) is 27.2 Å². The molecule has 2 atom stereocenters. The van der Waals surface area contributed by atoms with E-state index < -0.39 is 0 Å². The molecule has 0 bridgehead atoms. The van der Waals surface area contributed by atoms with Gasteiger partial charge < -0.3 is 0 Å². The first-order chi connectivity index (χ1) is 3.68. The van der Waals surface area contributed by atoms with E-state index in [1.807, 2.05) is 6.92 Å². The highest BCUT2D eigenvalue weighted by atomic mass is 35.5. The monoisotopic (exact) mass is 133 g/mol. The van der Waals surface area contributed by atoms with E-state index in [-0.39, 0.29) is 5.38 Å². The van der Waals surface area contributed by atoms with Crippen LogP contribution in [0, 0.1) is 12.3 Å². The molecule has 1 radical (unpaired) electrons. The van der Waals surface area contributed by atoms with E-state index in [2.05, 4.69) is 20.3 Å². The molecule has 0 aromatic carbocycles. The summed E-state index contributed by atoms with van der Waals surface area (Å²) in [5, 5.41) is 0.287. The summed E-state index contributed by atoms with van der Waals surface area (Å²) in [6.07, 6.45) is 3.36.